The lowest BCUT2D eigenvalue weighted by atomic mass is 9.45. The minimum atomic E-state index is -1.83. The van der Waals surface area contributed by atoms with Crippen LogP contribution in [0.4, 0.5) is 4.39 Å². The number of alkyl halides is 1. The molecule has 0 radical (unpaired) electrons. The lowest BCUT2D eigenvalue weighted by Gasteiger charge is -2.62. The standard InChI is InChI=1S/C22H31FN2O4/c1-12-8-16-15-5-4-13-9-14(24-28)6-7-21(13,3)22(15,23)18(27)10-20(16,2)19(12)17(11-26)25-29/h6-7,9,12,15-16,18-19,26-29H,4-5,8,10-11H2,1-3H3/b24-14+,25-17+/t12?,15?,16-,18?,19?,20?,21?,22-/m0/s1. The SMILES string of the molecule is CC1C[C@H]2C3CCC4=C/C(=N/O)C=CC4(C)[C@@]3(F)C(O)CC2(C)C1/C(CO)=N/O. The molecule has 3 saturated carbocycles. The van der Waals surface area contributed by atoms with Gasteiger partial charge >= 0.3 is 0 Å². The minimum Gasteiger partial charge on any atom is -0.411 e. The van der Waals surface area contributed by atoms with Crippen LogP contribution in [0.5, 0.6) is 0 Å². The molecule has 0 heterocycles. The molecular weight excluding hydrogens is 375 g/mol. The average molecular weight is 406 g/mol. The summed E-state index contributed by atoms with van der Waals surface area (Å²) in [7, 11) is 0. The highest BCUT2D eigenvalue weighted by Crippen LogP contribution is 2.69. The van der Waals surface area contributed by atoms with Gasteiger partial charge in [-0.3, -0.25) is 0 Å². The molecule has 0 aliphatic heterocycles. The maximum atomic E-state index is 17.0. The zero-order valence-electron chi connectivity index (χ0n) is 17.2. The number of hydrogen-bond acceptors (Lipinski definition) is 6. The van der Waals surface area contributed by atoms with Gasteiger partial charge in [0.05, 0.1) is 18.4 Å². The van der Waals surface area contributed by atoms with Crippen molar-refractivity contribution in [1.82, 2.24) is 0 Å². The summed E-state index contributed by atoms with van der Waals surface area (Å²) >= 11 is 0. The number of rotatable bonds is 2. The van der Waals surface area contributed by atoms with E-state index < -0.39 is 22.6 Å². The smallest absolute Gasteiger partial charge is 0.152 e. The number of allylic oxidation sites excluding steroid dienone is 4. The van der Waals surface area contributed by atoms with Gasteiger partial charge in [-0.1, -0.05) is 35.8 Å². The summed E-state index contributed by atoms with van der Waals surface area (Å²) in [5, 5.41) is 46.1. The van der Waals surface area contributed by atoms with Crippen molar-refractivity contribution in [1.29, 1.82) is 0 Å². The van der Waals surface area contributed by atoms with E-state index in [1.165, 1.54) is 0 Å². The third-order valence-corrected chi connectivity index (χ3v) is 8.76. The average Bonchev–Trinajstić information content (AvgIpc) is 2.94. The van der Waals surface area contributed by atoms with Gasteiger partial charge in [0, 0.05) is 17.3 Å². The van der Waals surface area contributed by atoms with Crippen molar-refractivity contribution in [3.8, 4) is 0 Å². The van der Waals surface area contributed by atoms with Gasteiger partial charge < -0.3 is 20.6 Å². The van der Waals surface area contributed by atoms with E-state index in [9.17, 15) is 15.4 Å². The molecule has 4 N–H and O–H groups in total. The number of halogens is 1. The second kappa shape index (κ2) is 6.64. The zero-order chi connectivity index (χ0) is 21.2. The van der Waals surface area contributed by atoms with Crippen LogP contribution in [0.25, 0.3) is 0 Å². The van der Waals surface area contributed by atoms with Crippen LogP contribution in [0, 0.1) is 34.5 Å². The quantitative estimate of drug-likeness (QED) is 0.321. The Morgan fingerprint density at radius 3 is 2.62 bits per heavy atom. The van der Waals surface area contributed by atoms with Crippen LogP contribution in [-0.4, -0.2) is 50.4 Å². The molecule has 8 atom stereocenters. The maximum Gasteiger partial charge on any atom is 0.152 e. The first-order valence-electron chi connectivity index (χ1n) is 10.5. The summed E-state index contributed by atoms with van der Waals surface area (Å²) in [5.74, 6) is -0.403. The molecule has 3 fully saturated rings. The summed E-state index contributed by atoms with van der Waals surface area (Å²) in [6.07, 6.45) is 6.21. The van der Waals surface area contributed by atoms with Gasteiger partial charge in [0.2, 0.25) is 0 Å². The molecule has 29 heavy (non-hydrogen) atoms. The molecular formula is C22H31FN2O4. The predicted octanol–water partition coefficient (Wildman–Crippen LogP) is 3.30. The van der Waals surface area contributed by atoms with E-state index in [-0.39, 0.29) is 36.7 Å². The number of aliphatic hydroxyl groups is 2. The Morgan fingerprint density at radius 2 is 2.00 bits per heavy atom. The van der Waals surface area contributed by atoms with Crippen LogP contribution >= 0.6 is 0 Å². The van der Waals surface area contributed by atoms with Crippen LogP contribution in [-0.2, 0) is 0 Å². The van der Waals surface area contributed by atoms with Crippen molar-refractivity contribution in [2.24, 2.45) is 44.8 Å². The Hall–Kier alpha value is -1.73. The van der Waals surface area contributed by atoms with E-state index in [1.54, 1.807) is 18.2 Å². The predicted molar refractivity (Wildman–Crippen MR) is 107 cm³/mol. The van der Waals surface area contributed by atoms with Gasteiger partial charge in [-0.2, -0.15) is 0 Å². The van der Waals surface area contributed by atoms with Crippen LogP contribution in [0.1, 0.15) is 46.5 Å². The lowest BCUT2D eigenvalue weighted by molar-refractivity contribution is -0.191. The lowest BCUT2D eigenvalue weighted by Crippen LogP contribution is -2.66. The summed E-state index contributed by atoms with van der Waals surface area (Å²) in [5.41, 5.74) is -1.66. The second-order valence-corrected chi connectivity index (χ2v) is 9.92. The molecule has 0 aromatic carbocycles. The molecule has 0 spiro atoms. The van der Waals surface area contributed by atoms with E-state index in [2.05, 4.69) is 24.2 Å². The summed E-state index contributed by atoms with van der Waals surface area (Å²) in [4.78, 5) is 0. The Bertz CT molecular complexity index is 824. The molecule has 6 nitrogen and oxygen atoms in total. The van der Waals surface area contributed by atoms with Crippen molar-refractivity contribution < 1.29 is 25.0 Å². The fourth-order valence-electron chi connectivity index (χ4n) is 7.55. The third-order valence-electron chi connectivity index (χ3n) is 8.76. The van der Waals surface area contributed by atoms with Crippen molar-refractivity contribution in [3.05, 3.63) is 23.8 Å². The Morgan fingerprint density at radius 1 is 1.28 bits per heavy atom. The summed E-state index contributed by atoms with van der Waals surface area (Å²) < 4.78 is 17.0. The van der Waals surface area contributed by atoms with Gasteiger partial charge in [0.15, 0.2) is 5.67 Å². The third kappa shape index (κ3) is 2.46. The molecule has 7 heteroatoms. The van der Waals surface area contributed by atoms with E-state index in [0.29, 0.717) is 24.3 Å². The fraction of sp³-hybridized carbons (Fsp3) is 0.727. The van der Waals surface area contributed by atoms with Crippen LogP contribution in [0.15, 0.2) is 34.1 Å². The number of aliphatic hydroxyl groups excluding tert-OH is 2. The van der Waals surface area contributed by atoms with Gasteiger partial charge in [0.25, 0.3) is 0 Å². The highest BCUT2D eigenvalue weighted by molar-refractivity contribution is 6.05. The summed E-state index contributed by atoms with van der Waals surface area (Å²) in [6, 6.07) is 0. The van der Waals surface area contributed by atoms with Crippen molar-refractivity contribution in [2.45, 2.75) is 58.2 Å². The van der Waals surface area contributed by atoms with Crippen molar-refractivity contribution in [3.63, 3.8) is 0 Å². The molecule has 4 rings (SSSR count). The van der Waals surface area contributed by atoms with Crippen LogP contribution < -0.4 is 0 Å². The van der Waals surface area contributed by atoms with Crippen molar-refractivity contribution in [2.75, 3.05) is 6.61 Å². The van der Waals surface area contributed by atoms with Crippen LogP contribution in [0.2, 0.25) is 0 Å². The fourth-order valence-corrected chi connectivity index (χ4v) is 7.55. The molecule has 0 amide bonds. The molecule has 0 aromatic rings. The first-order chi connectivity index (χ1) is 13.7. The number of hydrogen-bond donors (Lipinski definition) is 4. The van der Waals surface area contributed by atoms with Crippen molar-refractivity contribution >= 4 is 11.4 Å². The highest BCUT2D eigenvalue weighted by atomic mass is 19.1. The molecule has 0 bridgehead atoms. The first kappa shape index (κ1) is 20.5. The minimum absolute atomic E-state index is 0.0129. The molecule has 4 aliphatic carbocycles. The van der Waals surface area contributed by atoms with Gasteiger partial charge in [-0.05, 0) is 62.0 Å². The topological polar surface area (TPSA) is 106 Å². The number of nitrogens with zero attached hydrogens (tertiary/aromatic N) is 2. The second-order valence-electron chi connectivity index (χ2n) is 9.92. The van der Waals surface area contributed by atoms with Crippen LogP contribution in [0.3, 0.4) is 0 Å². The van der Waals surface area contributed by atoms with E-state index >= 15 is 4.39 Å². The zero-order valence-corrected chi connectivity index (χ0v) is 17.2. The molecule has 160 valence electrons. The van der Waals surface area contributed by atoms with E-state index in [1.807, 2.05) is 6.92 Å². The van der Waals surface area contributed by atoms with E-state index in [0.717, 1.165) is 12.0 Å². The van der Waals surface area contributed by atoms with Gasteiger partial charge in [-0.25, -0.2) is 4.39 Å². The largest absolute Gasteiger partial charge is 0.411 e. The monoisotopic (exact) mass is 406 g/mol. The molecule has 0 saturated heterocycles. The van der Waals surface area contributed by atoms with E-state index in [4.69, 9.17) is 5.21 Å². The Balaban J connectivity index is 1.79. The summed E-state index contributed by atoms with van der Waals surface area (Å²) in [6.45, 7) is 5.61. The molecule has 6 unspecified atom stereocenters. The maximum absolute atomic E-state index is 17.0. The molecule has 4 aliphatic rings. The molecule has 0 aromatic heterocycles. The number of fused-ring (bicyclic) bond motifs is 5. The Kier molecular flexibility index (Phi) is 4.70. The first-order valence-corrected chi connectivity index (χ1v) is 10.5. The van der Waals surface area contributed by atoms with Gasteiger partial charge in [-0.15, -0.1) is 0 Å². The Labute approximate surface area is 170 Å². The normalized spacial score (nSPS) is 50.7. The number of oxime groups is 2. The van der Waals surface area contributed by atoms with Gasteiger partial charge in [0.1, 0.15) is 5.71 Å². The highest BCUT2D eigenvalue weighted by Gasteiger charge is 2.71.